The molecule has 2 heterocycles. The quantitative estimate of drug-likeness (QED) is 0.694. The van der Waals surface area contributed by atoms with Gasteiger partial charge >= 0.3 is 0 Å². The minimum atomic E-state index is 0.616. The predicted octanol–water partition coefficient (Wildman–Crippen LogP) is 2.26. The number of hydrogen-bond donors (Lipinski definition) is 0. The van der Waals surface area contributed by atoms with E-state index in [1.807, 2.05) is 0 Å². The second-order valence-electron chi connectivity index (χ2n) is 4.44. The van der Waals surface area contributed by atoms with Crippen LogP contribution >= 0.6 is 0 Å². The van der Waals surface area contributed by atoms with Crippen LogP contribution in [-0.4, -0.2) is 30.6 Å². The molecule has 80 valence electrons. The monoisotopic (exact) mass is 203 g/mol. The van der Waals surface area contributed by atoms with E-state index < -0.39 is 0 Å². The largest absolute Gasteiger partial charge is 0.492 e. The molecule has 2 atom stereocenters. The summed E-state index contributed by atoms with van der Waals surface area (Å²) in [6, 6.07) is 9.13. The van der Waals surface area contributed by atoms with Gasteiger partial charge in [0, 0.05) is 5.92 Å². The van der Waals surface area contributed by atoms with Gasteiger partial charge in [-0.2, -0.15) is 0 Å². The van der Waals surface area contributed by atoms with Gasteiger partial charge < -0.3 is 4.74 Å². The number of likely N-dealkylation sites (N-methyl/N-ethyl adjacent to an activating group) is 1. The summed E-state index contributed by atoms with van der Waals surface area (Å²) in [4.78, 5) is 2.54. The van der Waals surface area contributed by atoms with E-state index in [4.69, 9.17) is 4.74 Å². The van der Waals surface area contributed by atoms with Crippen molar-refractivity contribution in [1.82, 2.24) is 4.90 Å². The lowest BCUT2D eigenvalue weighted by molar-refractivity contribution is 0.152. The highest BCUT2D eigenvalue weighted by molar-refractivity contribution is 5.39. The molecule has 0 spiro atoms. The lowest BCUT2D eigenvalue weighted by atomic mass is 9.89. The van der Waals surface area contributed by atoms with Crippen molar-refractivity contribution in [3.8, 4) is 5.75 Å². The number of fused-ring (bicyclic) bond motifs is 3. The molecule has 0 aromatic heterocycles. The highest BCUT2D eigenvalue weighted by atomic mass is 16.5. The molecule has 1 aromatic carbocycles. The molecule has 2 aliphatic rings. The summed E-state index contributed by atoms with van der Waals surface area (Å²) in [6.07, 6.45) is 1.29. The van der Waals surface area contributed by atoms with Crippen molar-refractivity contribution in [2.45, 2.75) is 25.3 Å². The fourth-order valence-electron chi connectivity index (χ4n) is 2.99. The van der Waals surface area contributed by atoms with Crippen LogP contribution in [0, 0.1) is 0 Å². The van der Waals surface area contributed by atoms with E-state index in [-0.39, 0.29) is 0 Å². The number of likely N-dealkylation sites (tertiary alicyclic amines) is 1. The van der Waals surface area contributed by atoms with Crippen LogP contribution in [0.5, 0.6) is 5.75 Å². The van der Waals surface area contributed by atoms with Crippen molar-refractivity contribution < 1.29 is 4.74 Å². The Kier molecular flexibility index (Phi) is 2.17. The molecule has 0 bridgehead atoms. The molecule has 0 saturated carbocycles. The molecule has 1 fully saturated rings. The van der Waals surface area contributed by atoms with E-state index in [1.54, 1.807) is 0 Å². The second kappa shape index (κ2) is 3.53. The third kappa shape index (κ3) is 1.36. The first-order chi connectivity index (χ1) is 7.40. The summed E-state index contributed by atoms with van der Waals surface area (Å²) in [5.41, 5.74) is 1.42. The van der Waals surface area contributed by atoms with E-state index in [0.29, 0.717) is 12.0 Å². The van der Waals surface area contributed by atoms with Gasteiger partial charge in [0.15, 0.2) is 0 Å². The Labute approximate surface area is 90.8 Å². The Morgan fingerprint density at radius 3 is 3.13 bits per heavy atom. The van der Waals surface area contributed by atoms with Gasteiger partial charge in [-0.15, -0.1) is 0 Å². The van der Waals surface area contributed by atoms with Gasteiger partial charge in [-0.05, 0) is 31.1 Å². The van der Waals surface area contributed by atoms with E-state index in [2.05, 4.69) is 36.1 Å². The maximum absolute atomic E-state index is 5.83. The van der Waals surface area contributed by atoms with Crippen molar-refractivity contribution in [3.05, 3.63) is 29.8 Å². The van der Waals surface area contributed by atoms with Gasteiger partial charge in [0.1, 0.15) is 12.4 Å². The normalized spacial score (nSPS) is 29.4. The Hall–Kier alpha value is -1.02. The maximum atomic E-state index is 5.83. The first kappa shape index (κ1) is 9.22. The molecule has 0 amide bonds. The number of rotatable bonds is 1. The molecule has 3 rings (SSSR count). The minimum Gasteiger partial charge on any atom is -0.492 e. The zero-order valence-electron chi connectivity index (χ0n) is 9.15. The average molecular weight is 203 g/mol. The molecule has 0 N–H and O–H groups in total. The topological polar surface area (TPSA) is 12.5 Å². The summed E-state index contributed by atoms with van der Waals surface area (Å²) in [7, 11) is 0. The molecule has 2 aliphatic heterocycles. The number of para-hydroxylation sites is 1. The van der Waals surface area contributed by atoms with Gasteiger partial charge in [0.25, 0.3) is 0 Å². The van der Waals surface area contributed by atoms with Crippen molar-refractivity contribution in [1.29, 1.82) is 0 Å². The van der Waals surface area contributed by atoms with Gasteiger partial charge in [-0.1, -0.05) is 25.1 Å². The summed E-state index contributed by atoms with van der Waals surface area (Å²) in [6.45, 7) is 5.48. The molecular weight excluding hydrogens is 186 g/mol. The zero-order chi connectivity index (χ0) is 10.3. The Bertz CT molecular complexity index is 363. The number of hydrogen-bond acceptors (Lipinski definition) is 2. The molecule has 1 saturated heterocycles. The molecule has 2 nitrogen and oxygen atoms in total. The second-order valence-corrected chi connectivity index (χ2v) is 4.44. The van der Waals surface area contributed by atoms with Crippen LogP contribution in [0.25, 0.3) is 0 Å². The summed E-state index contributed by atoms with van der Waals surface area (Å²) in [5, 5.41) is 0. The fraction of sp³-hybridized carbons (Fsp3) is 0.538. The highest BCUT2D eigenvalue weighted by Crippen LogP contribution is 2.41. The molecule has 0 aliphatic carbocycles. The highest BCUT2D eigenvalue weighted by Gasteiger charge is 2.38. The minimum absolute atomic E-state index is 0.616. The van der Waals surface area contributed by atoms with Crippen molar-refractivity contribution in [2.75, 3.05) is 19.7 Å². The van der Waals surface area contributed by atoms with Crippen LogP contribution in [0.15, 0.2) is 24.3 Å². The van der Waals surface area contributed by atoms with Gasteiger partial charge in [-0.3, -0.25) is 4.90 Å². The zero-order valence-corrected chi connectivity index (χ0v) is 9.15. The smallest absolute Gasteiger partial charge is 0.122 e. The molecule has 2 heteroatoms. The van der Waals surface area contributed by atoms with Gasteiger partial charge in [0.2, 0.25) is 0 Å². The first-order valence-corrected chi connectivity index (χ1v) is 5.86. The molecular formula is C13H17NO. The summed E-state index contributed by atoms with van der Waals surface area (Å²) >= 11 is 0. The van der Waals surface area contributed by atoms with Crippen LogP contribution in [0.1, 0.15) is 24.8 Å². The number of nitrogens with zero attached hydrogens (tertiary/aromatic N) is 1. The predicted molar refractivity (Wildman–Crippen MR) is 60.3 cm³/mol. The van der Waals surface area contributed by atoms with Crippen molar-refractivity contribution in [2.24, 2.45) is 0 Å². The van der Waals surface area contributed by atoms with Crippen LogP contribution in [0.3, 0.4) is 0 Å². The third-order valence-electron chi connectivity index (χ3n) is 3.80. The van der Waals surface area contributed by atoms with Crippen LogP contribution in [0.4, 0.5) is 0 Å². The third-order valence-corrected chi connectivity index (χ3v) is 3.80. The SMILES string of the molecule is CCN1CCC2c3ccccc3OCC21. The van der Waals surface area contributed by atoms with Crippen molar-refractivity contribution >= 4 is 0 Å². The standard InChI is InChI=1S/C13H17NO/c1-2-14-8-7-10-11-5-3-4-6-13(11)15-9-12(10)14/h3-6,10,12H,2,7-9H2,1H3. The maximum Gasteiger partial charge on any atom is 0.122 e. The van der Waals surface area contributed by atoms with E-state index in [1.165, 1.54) is 18.5 Å². The Morgan fingerprint density at radius 2 is 2.27 bits per heavy atom. The first-order valence-electron chi connectivity index (χ1n) is 5.86. The van der Waals surface area contributed by atoms with E-state index in [9.17, 15) is 0 Å². The summed E-state index contributed by atoms with van der Waals surface area (Å²) < 4.78 is 5.83. The van der Waals surface area contributed by atoms with E-state index >= 15 is 0 Å². The molecule has 15 heavy (non-hydrogen) atoms. The van der Waals surface area contributed by atoms with Crippen LogP contribution < -0.4 is 4.74 Å². The van der Waals surface area contributed by atoms with Crippen LogP contribution in [0.2, 0.25) is 0 Å². The van der Waals surface area contributed by atoms with Gasteiger partial charge in [-0.25, -0.2) is 0 Å². The van der Waals surface area contributed by atoms with Crippen molar-refractivity contribution in [3.63, 3.8) is 0 Å². The Morgan fingerprint density at radius 1 is 1.40 bits per heavy atom. The fourth-order valence-corrected chi connectivity index (χ4v) is 2.99. The lowest BCUT2D eigenvalue weighted by Gasteiger charge is -2.32. The molecule has 2 unspecified atom stereocenters. The Balaban J connectivity index is 1.96. The number of benzene rings is 1. The van der Waals surface area contributed by atoms with Crippen LogP contribution in [-0.2, 0) is 0 Å². The number of ether oxygens (including phenoxy) is 1. The lowest BCUT2D eigenvalue weighted by Crippen LogP contribution is -2.39. The van der Waals surface area contributed by atoms with E-state index in [0.717, 1.165) is 18.9 Å². The summed E-state index contributed by atoms with van der Waals surface area (Å²) in [5.74, 6) is 1.81. The van der Waals surface area contributed by atoms with Gasteiger partial charge in [0.05, 0.1) is 6.04 Å². The molecule has 1 aromatic rings. The average Bonchev–Trinajstić information content (AvgIpc) is 2.72. The molecule has 0 radical (unpaired) electrons.